The fourth-order valence-electron chi connectivity index (χ4n) is 3.43. The smallest absolute Gasteiger partial charge is 0.00193 e. The predicted molar refractivity (Wildman–Crippen MR) is 84.4 cm³/mol. The third-order valence-corrected chi connectivity index (χ3v) is 4.48. The van der Waals surface area contributed by atoms with Crippen molar-refractivity contribution in [1.82, 2.24) is 9.80 Å². The topological polar surface area (TPSA) is 32.5 Å². The zero-order chi connectivity index (χ0) is 14.1. The summed E-state index contributed by atoms with van der Waals surface area (Å²) in [5.74, 6) is 1.76. The Kier molecular flexibility index (Phi) is 8.67. The lowest BCUT2D eigenvalue weighted by Crippen LogP contribution is -2.28. The molecule has 1 saturated heterocycles. The highest BCUT2D eigenvalue weighted by atomic mass is 15.1. The van der Waals surface area contributed by atoms with Gasteiger partial charge in [-0.05, 0) is 71.2 Å². The Hall–Kier alpha value is -0.120. The number of rotatable bonds is 10. The van der Waals surface area contributed by atoms with Crippen LogP contribution in [-0.2, 0) is 0 Å². The molecule has 114 valence electrons. The van der Waals surface area contributed by atoms with Crippen LogP contribution >= 0.6 is 0 Å². The zero-order valence-electron chi connectivity index (χ0n) is 13.4. The van der Waals surface area contributed by atoms with Gasteiger partial charge < -0.3 is 15.5 Å². The molecule has 1 heterocycles. The molecule has 3 heteroatoms. The molecule has 0 aliphatic carbocycles. The van der Waals surface area contributed by atoms with Gasteiger partial charge in [0.05, 0.1) is 0 Å². The molecular formula is C16H35N3. The maximum atomic E-state index is 5.70. The lowest BCUT2D eigenvalue weighted by Gasteiger charge is -2.22. The van der Waals surface area contributed by atoms with E-state index in [0.29, 0.717) is 0 Å². The van der Waals surface area contributed by atoms with Crippen LogP contribution in [-0.4, -0.2) is 56.6 Å². The van der Waals surface area contributed by atoms with E-state index in [-0.39, 0.29) is 0 Å². The van der Waals surface area contributed by atoms with Crippen LogP contribution in [0.1, 0.15) is 45.4 Å². The minimum Gasteiger partial charge on any atom is -0.330 e. The summed E-state index contributed by atoms with van der Waals surface area (Å²) in [6.45, 7) is 8.25. The summed E-state index contributed by atoms with van der Waals surface area (Å²) >= 11 is 0. The highest BCUT2D eigenvalue weighted by molar-refractivity contribution is 4.75. The van der Waals surface area contributed by atoms with Crippen molar-refractivity contribution in [2.45, 2.75) is 45.4 Å². The van der Waals surface area contributed by atoms with E-state index in [0.717, 1.165) is 18.4 Å². The maximum Gasteiger partial charge on any atom is 0.00193 e. The highest BCUT2D eigenvalue weighted by Gasteiger charge is 2.20. The fourth-order valence-corrected chi connectivity index (χ4v) is 3.43. The molecule has 1 rings (SSSR count). The first-order valence-electron chi connectivity index (χ1n) is 8.22. The summed E-state index contributed by atoms with van der Waals surface area (Å²) in [6.07, 6.45) is 7.95. The summed E-state index contributed by atoms with van der Waals surface area (Å²) in [7, 11) is 4.53. The van der Waals surface area contributed by atoms with Gasteiger partial charge >= 0.3 is 0 Å². The Balaban J connectivity index is 2.09. The van der Waals surface area contributed by atoms with Crippen molar-refractivity contribution in [1.29, 1.82) is 0 Å². The molecule has 1 aliphatic rings. The minimum atomic E-state index is 0.856. The molecule has 0 aromatic carbocycles. The average molecular weight is 269 g/mol. The quantitative estimate of drug-likeness (QED) is 0.661. The van der Waals surface area contributed by atoms with Crippen LogP contribution in [0.2, 0.25) is 0 Å². The number of nitrogens with zero attached hydrogens (tertiary/aromatic N) is 2. The standard InChI is InChI=1S/C16H35N3/c1-4-6-15(8-10-17)7-5-11-18(2)13-16-9-12-19(3)14-16/h15-16H,4-14,17H2,1-3H3. The fraction of sp³-hybridized carbons (Fsp3) is 1.00. The molecule has 0 spiro atoms. The van der Waals surface area contributed by atoms with Crippen LogP contribution < -0.4 is 5.73 Å². The van der Waals surface area contributed by atoms with Gasteiger partial charge in [-0.1, -0.05) is 19.8 Å². The van der Waals surface area contributed by atoms with Gasteiger partial charge in [0.2, 0.25) is 0 Å². The lowest BCUT2D eigenvalue weighted by atomic mass is 9.94. The SMILES string of the molecule is CCCC(CCN)CCCN(C)CC1CCN(C)C1. The normalized spacial score (nSPS) is 22.3. The largest absolute Gasteiger partial charge is 0.330 e. The van der Waals surface area contributed by atoms with Crippen LogP contribution in [0.3, 0.4) is 0 Å². The van der Waals surface area contributed by atoms with Crippen molar-refractivity contribution in [2.24, 2.45) is 17.6 Å². The summed E-state index contributed by atoms with van der Waals surface area (Å²) in [5.41, 5.74) is 5.70. The zero-order valence-corrected chi connectivity index (χ0v) is 13.4. The van der Waals surface area contributed by atoms with Gasteiger partial charge in [0.15, 0.2) is 0 Å². The molecule has 2 atom stereocenters. The Labute approximate surface area is 120 Å². The third kappa shape index (κ3) is 7.28. The van der Waals surface area contributed by atoms with Gasteiger partial charge in [0.25, 0.3) is 0 Å². The van der Waals surface area contributed by atoms with Gasteiger partial charge in [0.1, 0.15) is 0 Å². The lowest BCUT2D eigenvalue weighted by molar-refractivity contribution is 0.259. The molecular weight excluding hydrogens is 234 g/mol. The van der Waals surface area contributed by atoms with E-state index < -0.39 is 0 Å². The molecule has 0 saturated carbocycles. The first-order valence-corrected chi connectivity index (χ1v) is 8.22. The van der Waals surface area contributed by atoms with Gasteiger partial charge in [-0.15, -0.1) is 0 Å². The van der Waals surface area contributed by atoms with Crippen molar-refractivity contribution in [2.75, 3.05) is 46.8 Å². The van der Waals surface area contributed by atoms with Gasteiger partial charge in [-0.2, -0.15) is 0 Å². The Morgan fingerprint density at radius 2 is 2.11 bits per heavy atom. The first kappa shape index (κ1) is 16.9. The van der Waals surface area contributed by atoms with E-state index in [9.17, 15) is 0 Å². The van der Waals surface area contributed by atoms with Crippen molar-refractivity contribution in [3.05, 3.63) is 0 Å². The van der Waals surface area contributed by atoms with Crippen molar-refractivity contribution >= 4 is 0 Å². The third-order valence-electron chi connectivity index (χ3n) is 4.48. The Bertz CT molecular complexity index is 214. The van der Waals surface area contributed by atoms with E-state index in [1.807, 2.05) is 0 Å². The number of hydrogen-bond donors (Lipinski definition) is 1. The van der Waals surface area contributed by atoms with Crippen LogP contribution in [0.5, 0.6) is 0 Å². The summed E-state index contributed by atoms with van der Waals surface area (Å²) < 4.78 is 0. The Morgan fingerprint density at radius 3 is 2.68 bits per heavy atom. The molecule has 0 aromatic rings. The second-order valence-corrected chi connectivity index (χ2v) is 6.55. The first-order chi connectivity index (χ1) is 9.15. The molecule has 2 unspecified atom stereocenters. The minimum absolute atomic E-state index is 0.856. The van der Waals surface area contributed by atoms with Gasteiger partial charge in [-0.25, -0.2) is 0 Å². The molecule has 1 aliphatic heterocycles. The van der Waals surface area contributed by atoms with E-state index in [1.54, 1.807) is 0 Å². The number of nitrogens with two attached hydrogens (primary N) is 1. The van der Waals surface area contributed by atoms with E-state index in [2.05, 4.69) is 30.8 Å². The molecule has 1 fully saturated rings. The predicted octanol–water partition coefficient (Wildman–Crippen LogP) is 2.42. The molecule has 0 aromatic heterocycles. The summed E-state index contributed by atoms with van der Waals surface area (Å²) in [4.78, 5) is 4.99. The van der Waals surface area contributed by atoms with Crippen LogP contribution in [0.25, 0.3) is 0 Å². The van der Waals surface area contributed by atoms with Crippen LogP contribution in [0.4, 0.5) is 0 Å². The van der Waals surface area contributed by atoms with Crippen molar-refractivity contribution < 1.29 is 0 Å². The molecule has 19 heavy (non-hydrogen) atoms. The maximum absolute atomic E-state index is 5.70. The van der Waals surface area contributed by atoms with Crippen molar-refractivity contribution in [3.63, 3.8) is 0 Å². The van der Waals surface area contributed by atoms with E-state index in [4.69, 9.17) is 5.73 Å². The monoisotopic (exact) mass is 269 g/mol. The van der Waals surface area contributed by atoms with E-state index >= 15 is 0 Å². The second-order valence-electron chi connectivity index (χ2n) is 6.55. The molecule has 0 amide bonds. The van der Waals surface area contributed by atoms with Gasteiger partial charge in [0, 0.05) is 13.1 Å². The summed E-state index contributed by atoms with van der Waals surface area (Å²) in [5, 5.41) is 0. The highest BCUT2D eigenvalue weighted by Crippen LogP contribution is 2.18. The second kappa shape index (κ2) is 9.73. The molecule has 0 bridgehead atoms. The average Bonchev–Trinajstić information content (AvgIpc) is 2.75. The molecule has 0 radical (unpaired) electrons. The number of likely N-dealkylation sites (tertiary alicyclic amines) is 1. The molecule has 2 N–H and O–H groups in total. The van der Waals surface area contributed by atoms with Crippen molar-refractivity contribution in [3.8, 4) is 0 Å². The summed E-state index contributed by atoms with van der Waals surface area (Å²) in [6, 6.07) is 0. The Morgan fingerprint density at radius 1 is 1.32 bits per heavy atom. The van der Waals surface area contributed by atoms with Gasteiger partial charge in [-0.3, -0.25) is 0 Å². The van der Waals surface area contributed by atoms with E-state index in [1.165, 1.54) is 64.7 Å². The van der Waals surface area contributed by atoms with Crippen LogP contribution in [0.15, 0.2) is 0 Å². The van der Waals surface area contributed by atoms with Crippen LogP contribution in [0, 0.1) is 11.8 Å². The number of hydrogen-bond acceptors (Lipinski definition) is 3. The molecule has 3 nitrogen and oxygen atoms in total.